The molecule has 0 amide bonds. The highest BCUT2D eigenvalue weighted by Gasteiger charge is 2.26. The zero-order valence-electron chi connectivity index (χ0n) is 28.4. The van der Waals surface area contributed by atoms with Crippen LogP contribution in [-0.4, -0.2) is 4.57 Å². The minimum absolute atomic E-state index is 1.11. The van der Waals surface area contributed by atoms with Crippen molar-refractivity contribution in [1.29, 1.82) is 0 Å². The number of hydrogen-bond donors (Lipinski definition) is 0. The van der Waals surface area contributed by atoms with Crippen LogP contribution in [0, 0.1) is 0 Å². The Morgan fingerprint density at radius 3 is 1.90 bits per heavy atom. The van der Waals surface area contributed by atoms with E-state index < -0.39 is 0 Å². The molecule has 0 spiro atoms. The Kier molecular flexibility index (Phi) is 6.28. The van der Waals surface area contributed by atoms with E-state index in [0.29, 0.717) is 0 Å². The van der Waals surface area contributed by atoms with Gasteiger partial charge in [0.05, 0.1) is 16.7 Å². The monoisotopic (exact) mass is 660 g/mol. The summed E-state index contributed by atoms with van der Waals surface area (Å²) >= 11 is 0. The van der Waals surface area contributed by atoms with Crippen LogP contribution < -0.4 is 4.90 Å². The van der Waals surface area contributed by atoms with Gasteiger partial charge in [0.25, 0.3) is 0 Å². The Balaban J connectivity index is 1.20. The van der Waals surface area contributed by atoms with Crippen molar-refractivity contribution < 1.29 is 0 Å². The average molecular weight is 661 g/mol. The number of hydrogen-bond acceptors (Lipinski definition) is 1. The van der Waals surface area contributed by atoms with Gasteiger partial charge in [-0.2, -0.15) is 0 Å². The summed E-state index contributed by atoms with van der Waals surface area (Å²) in [6.07, 6.45) is 0. The second kappa shape index (κ2) is 11.3. The summed E-state index contributed by atoms with van der Waals surface area (Å²) in [5.74, 6) is 0. The average Bonchev–Trinajstić information content (AvgIpc) is 3.72. The molecule has 0 atom stereocenters. The zero-order valence-corrected chi connectivity index (χ0v) is 28.4. The summed E-state index contributed by atoms with van der Waals surface area (Å²) in [6, 6.07) is 71.0. The fraction of sp³-hybridized carbons (Fsp3) is 0. The highest BCUT2D eigenvalue weighted by atomic mass is 15.1. The predicted octanol–water partition coefficient (Wildman–Crippen LogP) is 13.9. The predicted molar refractivity (Wildman–Crippen MR) is 220 cm³/mol. The number of rotatable bonds is 5. The van der Waals surface area contributed by atoms with Gasteiger partial charge in [-0.25, -0.2) is 0 Å². The van der Waals surface area contributed by atoms with E-state index in [1.54, 1.807) is 0 Å². The SMILES string of the molecule is c1ccc(-c2ccccc2N(c2ccc3c(c2)-c2c4ccccc4cc4cccc-3c24)c2ccc3c4ccccc4n(-c4ccccc4)c3c2)cc1. The minimum Gasteiger partial charge on any atom is -0.310 e. The van der Waals surface area contributed by atoms with Crippen LogP contribution in [0.5, 0.6) is 0 Å². The standard InChI is InChI=1S/C50H32N2/c1-3-14-33(15-4-1)39-20-9-11-24-46(39)51(38-27-29-43-42-22-10-12-25-47(42)52(48(43)32-38)36-18-5-2-6-19-36)37-26-28-41-44-23-13-17-35-30-34-16-7-8-21-40(34)50(49(35)44)45(41)31-37/h1-32H. The molecule has 242 valence electrons. The van der Waals surface area contributed by atoms with Crippen molar-refractivity contribution in [3.05, 3.63) is 194 Å². The van der Waals surface area contributed by atoms with Gasteiger partial charge in [-0.05, 0) is 104 Å². The molecule has 0 radical (unpaired) electrons. The third-order valence-electron chi connectivity index (χ3n) is 10.9. The molecule has 1 heterocycles. The van der Waals surface area contributed by atoms with Crippen LogP contribution in [0.2, 0.25) is 0 Å². The first kappa shape index (κ1) is 28.9. The summed E-state index contributed by atoms with van der Waals surface area (Å²) in [5, 5.41) is 7.68. The Morgan fingerprint density at radius 1 is 0.365 bits per heavy atom. The Bertz CT molecular complexity index is 3010. The largest absolute Gasteiger partial charge is 0.310 e. The van der Waals surface area contributed by atoms with Crippen molar-refractivity contribution in [3.63, 3.8) is 0 Å². The Morgan fingerprint density at radius 2 is 1.02 bits per heavy atom. The molecule has 0 saturated heterocycles. The molecule has 10 aromatic rings. The lowest BCUT2D eigenvalue weighted by Gasteiger charge is -2.29. The molecule has 1 aromatic heterocycles. The van der Waals surface area contributed by atoms with Gasteiger partial charge in [0.1, 0.15) is 0 Å². The second-order valence-electron chi connectivity index (χ2n) is 13.7. The highest BCUT2D eigenvalue weighted by Crippen LogP contribution is 2.53. The van der Waals surface area contributed by atoms with E-state index in [2.05, 4.69) is 204 Å². The van der Waals surface area contributed by atoms with Crippen LogP contribution in [0.1, 0.15) is 0 Å². The first-order valence-corrected chi connectivity index (χ1v) is 17.9. The summed E-state index contributed by atoms with van der Waals surface area (Å²) < 4.78 is 2.40. The molecule has 11 rings (SSSR count). The molecule has 9 aromatic carbocycles. The molecule has 0 bridgehead atoms. The van der Waals surface area contributed by atoms with Gasteiger partial charge in [0.2, 0.25) is 0 Å². The van der Waals surface area contributed by atoms with Gasteiger partial charge in [-0.15, -0.1) is 0 Å². The number of fused-ring (bicyclic) bond motifs is 8. The molecule has 0 unspecified atom stereocenters. The van der Waals surface area contributed by atoms with Gasteiger partial charge in [0, 0.05) is 33.4 Å². The van der Waals surface area contributed by atoms with Crippen molar-refractivity contribution in [2.24, 2.45) is 0 Å². The Labute approximate surface area is 302 Å². The van der Waals surface area contributed by atoms with Gasteiger partial charge >= 0.3 is 0 Å². The van der Waals surface area contributed by atoms with E-state index in [9.17, 15) is 0 Å². The summed E-state index contributed by atoms with van der Waals surface area (Å²) in [4.78, 5) is 2.46. The van der Waals surface area contributed by atoms with E-state index >= 15 is 0 Å². The van der Waals surface area contributed by atoms with E-state index in [0.717, 1.165) is 22.7 Å². The first-order valence-electron chi connectivity index (χ1n) is 17.9. The number of aromatic nitrogens is 1. The first-order chi connectivity index (χ1) is 25.8. The molecule has 0 saturated carbocycles. The maximum atomic E-state index is 2.46. The smallest absolute Gasteiger partial charge is 0.0561 e. The van der Waals surface area contributed by atoms with Crippen molar-refractivity contribution >= 4 is 60.4 Å². The lowest BCUT2D eigenvalue weighted by Crippen LogP contribution is -2.11. The number of nitrogens with zero attached hydrogens (tertiary/aromatic N) is 2. The van der Waals surface area contributed by atoms with Crippen LogP contribution in [0.25, 0.3) is 82.4 Å². The van der Waals surface area contributed by atoms with Crippen molar-refractivity contribution in [2.45, 2.75) is 0 Å². The molecule has 1 aliphatic carbocycles. The van der Waals surface area contributed by atoms with E-state index in [-0.39, 0.29) is 0 Å². The van der Waals surface area contributed by atoms with E-state index in [1.807, 2.05) is 0 Å². The molecule has 2 heteroatoms. The normalized spacial score (nSPS) is 11.8. The number of benzene rings is 9. The molecule has 1 aliphatic rings. The van der Waals surface area contributed by atoms with Gasteiger partial charge < -0.3 is 9.47 Å². The van der Waals surface area contributed by atoms with Gasteiger partial charge in [-0.1, -0.05) is 140 Å². The van der Waals surface area contributed by atoms with Crippen molar-refractivity contribution in [1.82, 2.24) is 4.57 Å². The zero-order chi connectivity index (χ0) is 34.2. The third-order valence-corrected chi connectivity index (χ3v) is 10.9. The van der Waals surface area contributed by atoms with E-state index in [4.69, 9.17) is 0 Å². The van der Waals surface area contributed by atoms with Gasteiger partial charge in [-0.3, -0.25) is 0 Å². The summed E-state index contributed by atoms with van der Waals surface area (Å²) in [7, 11) is 0. The number of para-hydroxylation sites is 3. The van der Waals surface area contributed by atoms with Crippen LogP contribution in [-0.2, 0) is 0 Å². The maximum absolute atomic E-state index is 2.46. The van der Waals surface area contributed by atoms with E-state index in [1.165, 1.54) is 76.7 Å². The minimum atomic E-state index is 1.11. The van der Waals surface area contributed by atoms with Crippen molar-refractivity contribution in [2.75, 3.05) is 4.90 Å². The third kappa shape index (κ3) is 4.25. The maximum Gasteiger partial charge on any atom is 0.0561 e. The quantitative estimate of drug-likeness (QED) is 0.167. The fourth-order valence-electron chi connectivity index (χ4n) is 8.65. The summed E-state index contributed by atoms with van der Waals surface area (Å²) in [6.45, 7) is 0. The lowest BCUT2D eigenvalue weighted by molar-refractivity contribution is 1.18. The van der Waals surface area contributed by atoms with Crippen LogP contribution in [0.15, 0.2) is 194 Å². The molecular weight excluding hydrogens is 629 g/mol. The molecule has 0 N–H and O–H groups in total. The van der Waals surface area contributed by atoms with Crippen molar-refractivity contribution in [3.8, 4) is 39.1 Å². The molecular formula is C50H32N2. The Hall–Kier alpha value is -6.90. The highest BCUT2D eigenvalue weighted by molar-refractivity contribution is 6.24. The van der Waals surface area contributed by atoms with Crippen LogP contribution in [0.4, 0.5) is 17.1 Å². The fourth-order valence-corrected chi connectivity index (χ4v) is 8.65. The molecule has 0 fully saturated rings. The topological polar surface area (TPSA) is 8.17 Å². The van der Waals surface area contributed by atoms with Crippen LogP contribution in [0.3, 0.4) is 0 Å². The van der Waals surface area contributed by atoms with Gasteiger partial charge in [0.15, 0.2) is 0 Å². The number of anilines is 3. The molecule has 2 nitrogen and oxygen atoms in total. The molecule has 0 aliphatic heterocycles. The molecule has 52 heavy (non-hydrogen) atoms. The van der Waals surface area contributed by atoms with Crippen LogP contribution >= 0.6 is 0 Å². The second-order valence-corrected chi connectivity index (χ2v) is 13.7. The lowest BCUT2D eigenvalue weighted by atomic mass is 9.95. The summed E-state index contributed by atoms with van der Waals surface area (Å²) in [5.41, 5.74) is 14.5.